The van der Waals surface area contributed by atoms with Gasteiger partial charge in [0.25, 0.3) is 5.91 Å². The van der Waals surface area contributed by atoms with Crippen LogP contribution in [0.2, 0.25) is 0 Å². The number of pyridine rings is 1. The summed E-state index contributed by atoms with van der Waals surface area (Å²) in [5.74, 6) is -0.795. The number of benzene rings is 1. The molecule has 0 bridgehead atoms. The smallest absolute Gasteiger partial charge is 0.412 e. The van der Waals surface area contributed by atoms with Crippen LogP contribution in [0.25, 0.3) is 0 Å². The van der Waals surface area contributed by atoms with E-state index in [0.717, 1.165) is 0 Å². The number of nitrogens with one attached hydrogen (secondary N) is 2. The Morgan fingerprint density at radius 1 is 0.966 bits per heavy atom. The third kappa shape index (κ3) is 6.20. The number of anilines is 2. The van der Waals surface area contributed by atoms with E-state index in [-0.39, 0.29) is 11.4 Å². The highest BCUT2D eigenvalue weighted by Crippen LogP contribution is 2.28. The van der Waals surface area contributed by atoms with Crippen molar-refractivity contribution in [2.45, 2.75) is 26.4 Å². The first-order valence-electron chi connectivity index (χ1n) is 8.67. The molecule has 2 N–H and O–H groups in total. The van der Waals surface area contributed by atoms with Crippen molar-refractivity contribution in [2.24, 2.45) is 0 Å². The largest absolute Gasteiger partial charge is 0.495 e. The number of hydrogen-bond acceptors (Lipinski definition) is 7. The molecule has 0 saturated heterocycles. The van der Waals surface area contributed by atoms with E-state index in [4.69, 9.17) is 9.47 Å². The number of hydrogen-bond donors (Lipinski definition) is 2. The Kier molecular flexibility index (Phi) is 6.76. The van der Waals surface area contributed by atoms with Gasteiger partial charge in [-0.05, 0) is 51.1 Å². The Labute approximate surface area is 168 Å². The average molecular weight is 401 g/mol. The predicted octanol–water partition coefficient (Wildman–Crippen LogP) is 3.48. The fourth-order valence-electron chi connectivity index (χ4n) is 2.27. The molecule has 0 atom stereocenters. The van der Waals surface area contributed by atoms with E-state index in [9.17, 15) is 14.4 Å². The van der Waals surface area contributed by atoms with Crippen molar-refractivity contribution in [3.8, 4) is 5.75 Å². The molecule has 0 radical (unpaired) electrons. The van der Waals surface area contributed by atoms with Gasteiger partial charge in [-0.2, -0.15) is 0 Å². The third-order valence-corrected chi connectivity index (χ3v) is 3.47. The monoisotopic (exact) mass is 401 g/mol. The highest BCUT2D eigenvalue weighted by Gasteiger charge is 2.18. The minimum Gasteiger partial charge on any atom is -0.495 e. The van der Waals surface area contributed by atoms with Gasteiger partial charge in [0, 0.05) is 5.69 Å². The van der Waals surface area contributed by atoms with E-state index in [2.05, 4.69) is 20.4 Å². The zero-order valence-electron chi connectivity index (χ0n) is 16.9. The minimum atomic E-state index is -0.667. The van der Waals surface area contributed by atoms with Gasteiger partial charge < -0.3 is 19.5 Å². The maximum Gasteiger partial charge on any atom is 0.412 e. The van der Waals surface area contributed by atoms with Crippen molar-refractivity contribution in [2.75, 3.05) is 24.9 Å². The minimum absolute atomic E-state index is 0.0159. The summed E-state index contributed by atoms with van der Waals surface area (Å²) in [6.45, 7) is 5.24. The van der Waals surface area contributed by atoms with Crippen molar-refractivity contribution in [1.29, 1.82) is 0 Å². The Hall–Kier alpha value is -3.62. The van der Waals surface area contributed by atoms with Crippen LogP contribution in [0.4, 0.5) is 16.2 Å². The van der Waals surface area contributed by atoms with Gasteiger partial charge in [0.05, 0.1) is 19.9 Å². The number of nitrogens with zero attached hydrogens (tertiary/aromatic N) is 1. The van der Waals surface area contributed by atoms with Crippen LogP contribution in [-0.4, -0.2) is 42.8 Å². The topological polar surface area (TPSA) is 116 Å². The second-order valence-corrected chi connectivity index (χ2v) is 6.90. The van der Waals surface area contributed by atoms with Crippen molar-refractivity contribution < 1.29 is 28.6 Å². The van der Waals surface area contributed by atoms with E-state index in [1.807, 2.05) is 0 Å². The Morgan fingerprint density at radius 2 is 1.66 bits per heavy atom. The number of esters is 1. The lowest BCUT2D eigenvalue weighted by atomic mass is 10.2. The number of rotatable bonds is 5. The summed E-state index contributed by atoms with van der Waals surface area (Å²) in [7, 11) is 2.68. The van der Waals surface area contributed by atoms with Crippen LogP contribution >= 0.6 is 0 Å². The highest BCUT2D eigenvalue weighted by atomic mass is 16.6. The summed E-state index contributed by atoms with van der Waals surface area (Å²) >= 11 is 0. The van der Waals surface area contributed by atoms with Crippen LogP contribution < -0.4 is 15.4 Å². The molecule has 0 unspecified atom stereocenters. The summed E-state index contributed by atoms with van der Waals surface area (Å²) in [6.07, 6.45) is -0.660. The number of methoxy groups -OCH3 is 2. The Morgan fingerprint density at radius 3 is 2.28 bits per heavy atom. The summed E-state index contributed by atoms with van der Waals surface area (Å²) in [4.78, 5) is 40.1. The first-order valence-corrected chi connectivity index (χ1v) is 8.67. The molecule has 0 aliphatic heterocycles. The van der Waals surface area contributed by atoms with E-state index >= 15 is 0 Å². The summed E-state index contributed by atoms with van der Waals surface area (Å²) in [5, 5.41) is 5.24. The van der Waals surface area contributed by atoms with Crippen LogP contribution in [0.1, 0.15) is 41.7 Å². The van der Waals surface area contributed by atoms with Gasteiger partial charge in [-0.3, -0.25) is 10.1 Å². The first kappa shape index (κ1) is 21.7. The fraction of sp³-hybridized carbons (Fsp3) is 0.300. The molecule has 9 nitrogen and oxygen atoms in total. The zero-order chi connectivity index (χ0) is 21.6. The number of amides is 2. The van der Waals surface area contributed by atoms with Crippen LogP contribution in [-0.2, 0) is 9.47 Å². The predicted molar refractivity (Wildman–Crippen MR) is 106 cm³/mol. The standard InChI is InChI=1S/C20H23N3O6/c1-20(2,3)29-19(26)23-15-11-12(9-10-16(15)27-4)21-17(24)13-7-6-8-14(22-13)18(25)28-5/h6-11H,1-5H3,(H,21,24)(H,23,26). The van der Waals surface area contributed by atoms with Crippen molar-refractivity contribution >= 4 is 29.3 Å². The Balaban J connectivity index is 2.20. The van der Waals surface area contributed by atoms with E-state index < -0.39 is 23.6 Å². The molecule has 2 amide bonds. The number of aromatic nitrogens is 1. The number of carbonyl (C=O) groups is 3. The van der Waals surface area contributed by atoms with Gasteiger partial charge in [-0.25, -0.2) is 14.6 Å². The molecule has 1 aromatic heterocycles. The highest BCUT2D eigenvalue weighted by molar-refractivity contribution is 6.04. The Bertz CT molecular complexity index is 921. The van der Waals surface area contributed by atoms with Gasteiger partial charge in [0.15, 0.2) is 0 Å². The molecule has 0 aliphatic rings. The number of ether oxygens (including phenoxy) is 3. The molecule has 9 heteroatoms. The maximum absolute atomic E-state index is 12.5. The van der Waals surface area contributed by atoms with Gasteiger partial charge in [-0.1, -0.05) is 6.07 Å². The maximum atomic E-state index is 12.5. The van der Waals surface area contributed by atoms with Crippen LogP contribution in [0.15, 0.2) is 36.4 Å². The van der Waals surface area contributed by atoms with Crippen LogP contribution in [0, 0.1) is 0 Å². The molecular weight excluding hydrogens is 378 g/mol. The molecule has 2 rings (SSSR count). The second-order valence-electron chi connectivity index (χ2n) is 6.90. The lowest BCUT2D eigenvalue weighted by Gasteiger charge is -2.20. The first-order chi connectivity index (χ1) is 13.6. The van der Waals surface area contributed by atoms with Gasteiger partial charge >= 0.3 is 12.1 Å². The summed E-state index contributed by atoms with van der Waals surface area (Å²) < 4.78 is 15.1. The molecule has 2 aromatic rings. The van der Waals surface area contributed by atoms with Crippen molar-refractivity contribution in [3.05, 3.63) is 47.8 Å². The fourth-order valence-corrected chi connectivity index (χ4v) is 2.27. The lowest BCUT2D eigenvalue weighted by Crippen LogP contribution is -2.27. The van der Waals surface area contributed by atoms with Crippen molar-refractivity contribution in [1.82, 2.24) is 4.98 Å². The van der Waals surface area contributed by atoms with E-state index in [1.54, 1.807) is 32.9 Å². The molecule has 29 heavy (non-hydrogen) atoms. The average Bonchev–Trinajstić information content (AvgIpc) is 2.66. The van der Waals surface area contributed by atoms with Gasteiger partial charge in [0.1, 0.15) is 22.7 Å². The molecule has 0 fully saturated rings. The number of carbonyl (C=O) groups excluding carboxylic acids is 3. The summed E-state index contributed by atoms with van der Waals surface area (Å²) in [6, 6.07) is 9.13. The van der Waals surface area contributed by atoms with Gasteiger partial charge in [-0.15, -0.1) is 0 Å². The quantitative estimate of drug-likeness (QED) is 0.737. The molecule has 0 saturated carbocycles. The molecular formula is C20H23N3O6. The van der Waals surface area contributed by atoms with E-state index in [1.165, 1.54) is 38.5 Å². The zero-order valence-corrected chi connectivity index (χ0v) is 16.9. The van der Waals surface area contributed by atoms with Crippen LogP contribution in [0.3, 0.4) is 0 Å². The van der Waals surface area contributed by atoms with Crippen LogP contribution in [0.5, 0.6) is 5.75 Å². The molecule has 154 valence electrons. The lowest BCUT2D eigenvalue weighted by molar-refractivity contribution is 0.0591. The molecule has 0 aliphatic carbocycles. The second kappa shape index (κ2) is 9.05. The normalized spacial score (nSPS) is 10.7. The SMILES string of the molecule is COC(=O)c1cccc(C(=O)Nc2ccc(OC)c(NC(=O)OC(C)(C)C)c2)n1. The van der Waals surface area contributed by atoms with Crippen molar-refractivity contribution in [3.63, 3.8) is 0 Å². The molecule has 1 heterocycles. The van der Waals surface area contributed by atoms with Gasteiger partial charge in [0.2, 0.25) is 0 Å². The third-order valence-electron chi connectivity index (χ3n) is 3.47. The van der Waals surface area contributed by atoms with E-state index in [0.29, 0.717) is 17.1 Å². The molecule has 1 aromatic carbocycles. The molecule has 0 spiro atoms. The summed E-state index contributed by atoms with van der Waals surface area (Å²) in [5.41, 5.74) is 0.0786.